The van der Waals surface area contributed by atoms with Gasteiger partial charge >= 0.3 is 0 Å². The van der Waals surface area contributed by atoms with Crippen molar-refractivity contribution in [3.05, 3.63) is 59.7 Å². The second kappa shape index (κ2) is 5.55. The highest BCUT2D eigenvalue weighted by atomic mass is 32.2. The Morgan fingerprint density at radius 2 is 1.68 bits per heavy atom. The summed E-state index contributed by atoms with van der Waals surface area (Å²) >= 11 is 0. The number of hydrogen-bond acceptors (Lipinski definition) is 4. The molecule has 6 heteroatoms. The number of benzene rings is 2. The second-order valence-electron chi connectivity index (χ2n) is 5.32. The number of nitrogens with zero attached hydrogens (tertiary/aromatic N) is 2. The molecule has 0 fully saturated rings. The van der Waals surface area contributed by atoms with Crippen molar-refractivity contribution in [2.75, 3.05) is 11.6 Å². The van der Waals surface area contributed by atoms with E-state index in [2.05, 4.69) is 36.3 Å². The molecule has 0 atom stereocenters. The van der Waals surface area contributed by atoms with Crippen molar-refractivity contribution in [1.82, 2.24) is 0 Å². The topological polar surface area (TPSA) is 75.8 Å². The lowest BCUT2D eigenvalue weighted by Gasteiger charge is -2.13. The van der Waals surface area contributed by atoms with Crippen molar-refractivity contribution < 1.29 is 8.42 Å². The Hall–Kier alpha value is -2.18. The monoisotopic (exact) mass is 315 g/mol. The van der Waals surface area contributed by atoms with Gasteiger partial charge in [-0.2, -0.15) is 5.10 Å². The minimum atomic E-state index is -3.66. The number of aryl methyl sites for hydroxylation is 1. The molecule has 1 heterocycles. The Morgan fingerprint density at radius 3 is 2.27 bits per heavy atom. The quantitative estimate of drug-likeness (QED) is 0.944. The lowest BCUT2D eigenvalue weighted by Crippen LogP contribution is -2.14. The van der Waals surface area contributed by atoms with Crippen LogP contribution in [-0.2, 0) is 10.0 Å². The first-order valence-corrected chi connectivity index (χ1v) is 8.53. The molecule has 0 unspecified atom stereocenters. The zero-order chi connectivity index (χ0) is 15.7. The molecule has 0 spiro atoms. The summed E-state index contributed by atoms with van der Waals surface area (Å²) in [6.07, 6.45) is 0.861. The van der Waals surface area contributed by atoms with E-state index in [9.17, 15) is 8.42 Å². The predicted octanol–water partition coefficient (Wildman–Crippen LogP) is 2.26. The first-order chi connectivity index (χ1) is 10.4. The van der Waals surface area contributed by atoms with Crippen LogP contribution in [0.1, 0.15) is 17.5 Å². The third-order valence-electron chi connectivity index (χ3n) is 3.65. The van der Waals surface area contributed by atoms with Gasteiger partial charge in [0.1, 0.15) is 0 Å². The van der Waals surface area contributed by atoms with E-state index in [1.165, 1.54) is 17.7 Å². The van der Waals surface area contributed by atoms with Crippen LogP contribution in [0.4, 0.5) is 5.69 Å². The van der Waals surface area contributed by atoms with Gasteiger partial charge < -0.3 is 0 Å². The molecule has 5 nitrogen and oxygen atoms in total. The summed E-state index contributed by atoms with van der Waals surface area (Å²) in [6.45, 7) is 2.83. The van der Waals surface area contributed by atoms with Crippen LogP contribution in [0.3, 0.4) is 0 Å². The summed E-state index contributed by atoms with van der Waals surface area (Å²) in [5.41, 5.74) is 4.23. The molecule has 0 aliphatic carbocycles. The highest BCUT2D eigenvalue weighted by molar-refractivity contribution is 7.89. The first kappa shape index (κ1) is 14.7. The zero-order valence-corrected chi connectivity index (χ0v) is 13.0. The predicted molar refractivity (Wildman–Crippen MR) is 87.5 cm³/mol. The molecule has 2 aromatic rings. The highest BCUT2D eigenvalue weighted by Gasteiger charge is 2.18. The van der Waals surface area contributed by atoms with E-state index >= 15 is 0 Å². The van der Waals surface area contributed by atoms with Crippen molar-refractivity contribution in [3.8, 4) is 0 Å². The third kappa shape index (κ3) is 3.03. The average Bonchev–Trinajstić information content (AvgIpc) is 2.97. The van der Waals surface area contributed by atoms with E-state index in [0.29, 0.717) is 0 Å². The van der Waals surface area contributed by atoms with Crippen LogP contribution in [0.5, 0.6) is 0 Å². The van der Waals surface area contributed by atoms with E-state index in [1.54, 1.807) is 12.1 Å². The van der Waals surface area contributed by atoms with Crippen molar-refractivity contribution in [3.63, 3.8) is 0 Å². The molecule has 0 aromatic heterocycles. The van der Waals surface area contributed by atoms with Gasteiger partial charge in [0.2, 0.25) is 10.0 Å². The van der Waals surface area contributed by atoms with Gasteiger partial charge in [0.05, 0.1) is 16.3 Å². The third-order valence-corrected chi connectivity index (χ3v) is 4.58. The number of rotatable bonds is 3. The molecule has 0 radical (unpaired) electrons. The zero-order valence-electron chi connectivity index (χ0n) is 12.2. The summed E-state index contributed by atoms with van der Waals surface area (Å²) in [5, 5.41) is 11.6. The fourth-order valence-electron chi connectivity index (χ4n) is 2.40. The second-order valence-corrected chi connectivity index (χ2v) is 6.89. The van der Waals surface area contributed by atoms with Gasteiger partial charge in [-0.1, -0.05) is 29.8 Å². The Morgan fingerprint density at radius 1 is 1.05 bits per heavy atom. The smallest absolute Gasteiger partial charge is 0.238 e. The minimum Gasteiger partial charge on any atom is -0.265 e. The van der Waals surface area contributed by atoms with Crippen molar-refractivity contribution >= 4 is 21.4 Å². The van der Waals surface area contributed by atoms with Crippen LogP contribution in [-0.4, -0.2) is 20.7 Å². The molecule has 22 heavy (non-hydrogen) atoms. The van der Waals surface area contributed by atoms with E-state index in [1.807, 2.05) is 5.01 Å². The minimum absolute atomic E-state index is 0.109. The Balaban J connectivity index is 1.83. The van der Waals surface area contributed by atoms with Crippen LogP contribution >= 0.6 is 0 Å². The molecule has 2 aromatic carbocycles. The molecule has 1 aliphatic rings. The summed E-state index contributed by atoms with van der Waals surface area (Å²) in [5.74, 6) is 0. The summed E-state index contributed by atoms with van der Waals surface area (Å²) in [4.78, 5) is 0.109. The SMILES string of the molecule is Cc1ccc(C2=NN(c3ccc(S(N)(=O)=O)cc3)CC2)cc1. The summed E-state index contributed by atoms with van der Waals surface area (Å²) in [6, 6.07) is 14.7. The maximum Gasteiger partial charge on any atom is 0.238 e. The van der Waals surface area contributed by atoms with Crippen LogP contribution in [0.2, 0.25) is 0 Å². The highest BCUT2D eigenvalue weighted by Crippen LogP contribution is 2.23. The van der Waals surface area contributed by atoms with Gasteiger partial charge in [0.25, 0.3) is 0 Å². The fraction of sp³-hybridized carbons (Fsp3) is 0.188. The largest absolute Gasteiger partial charge is 0.265 e. The maximum absolute atomic E-state index is 11.3. The van der Waals surface area contributed by atoms with Gasteiger partial charge in [-0.25, -0.2) is 13.6 Å². The van der Waals surface area contributed by atoms with Gasteiger partial charge in [-0.3, -0.25) is 5.01 Å². The molecule has 2 N–H and O–H groups in total. The normalized spacial score (nSPS) is 15.0. The van der Waals surface area contributed by atoms with Crippen LogP contribution in [0.15, 0.2) is 58.5 Å². The molecule has 114 valence electrons. The van der Waals surface area contributed by atoms with E-state index in [4.69, 9.17) is 5.14 Å². The maximum atomic E-state index is 11.3. The number of primary sulfonamides is 1. The molecular weight excluding hydrogens is 298 g/mol. The van der Waals surface area contributed by atoms with Crippen LogP contribution in [0.25, 0.3) is 0 Å². The molecule has 0 bridgehead atoms. The van der Waals surface area contributed by atoms with Crippen LogP contribution in [0, 0.1) is 6.92 Å². The van der Waals surface area contributed by atoms with Gasteiger partial charge in [-0.05, 0) is 36.8 Å². The van der Waals surface area contributed by atoms with Gasteiger partial charge in [0.15, 0.2) is 0 Å². The van der Waals surface area contributed by atoms with E-state index < -0.39 is 10.0 Å². The summed E-state index contributed by atoms with van der Waals surface area (Å²) in [7, 11) is -3.66. The van der Waals surface area contributed by atoms with Crippen molar-refractivity contribution in [2.24, 2.45) is 10.2 Å². The fourth-order valence-corrected chi connectivity index (χ4v) is 2.92. The number of nitrogens with two attached hydrogens (primary N) is 1. The lowest BCUT2D eigenvalue weighted by molar-refractivity contribution is 0.598. The number of hydrogen-bond donors (Lipinski definition) is 1. The molecule has 3 rings (SSSR count). The number of anilines is 1. The Bertz CT molecular complexity index is 809. The molecule has 0 amide bonds. The van der Waals surface area contributed by atoms with Gasteiger partial charge in [0, 0.05) is 13.0 Å². The Labute approximate surface area is 130 Å². The lowest BCUT2D eigenvalue weighted by atomic mass is 10.1. The van der Waals surface area contributed by atoms with E-state index in [0.717, 1.165) is 29.9 Å². The Kier molecular flexibility index (Phi) is 3.72. The first-order valence-electron chi connectivity index (χ1n) is 6.98. The standard InChI is InChI=1S/C16H17N3O2S/c1-12-2-4-13(5-3-12)16-10-11-19(18-16)14-6-8-15(9-7-14)22(17,20)21/h2-9H,10-11H2,1H3,(H2,17,20,21). The molecule has 1 aliphatic heterocycles. The van der Waals surface area contributed by atoms with Crippen LogP contribution < -0.4 is 10.1 Å². The van der Waals surface area contributed by atoms with Crippen molar-refractivity contribution in [2.45, 2.75) is 18.2 Å². The molecule has 0 saturated heterocycles. The molecular formula is C16H17N3O2S. The number of sulfonamides is 1. The summed E-state index contributed by atoms with van der Waals surface area (Å²) < 4.78 is 22.5. The van der Waals surface area contributed by atoms with Crippen molar-refractivity contribution in [1.29, 1.82) is 0 Å². The number of hydrazone groups is 1. The van der Waals surface area contributed by atoms with Gasteiger partial charge in [-0.15, -0.1) is 0 Å². The molecule has 0 saturated carbocycles. The average molecular weight is 315 g/mol. The van der Waals surface area contributed by atoms with E-state index in [-0.39, 0.29) is 4.90 Å².